The number of benzene rings is 3. The average Bonchev–Trinajstić information content (AvgIpc) is 3.15. The van der Waals surface area contributed by atoms with Crippen molar-refractivity contribution in [1.29, 1.82) is 0 Å². The highest BCUT2D eigenvalue weighted by molar-refractivity contribution is 8.18. The molecule has 0 N–H and O–H groups in total. The van der Waals surface area contributed by atoms with Gasteiger partial charge in [-0.2, -0.15) is 0 Å². The van der Waals surface area contributed by atoms with Gasteiger partial charge in [0.25, 0.3) is 5.91 Å². The van der Waals surface area contributed by atoms with E-state index in [1.54, 1.807) is 17.0 Å². The van der Waals surface area contributed by atoms with Crippen LogP contribution in [-0.2, 0) is 11.4 Å². The second-order valence-corrected chi connectivity index (χ2v) is 9.87. The van der Waals surface area contributed by atoms with Gasteiger partial charge in [0.15, 0.2) is 16.7 Å². The monoisotopic (exact) mass is 540 g/mol. The van der Waals surface area contributed by atoms with Gasteiger partial charge in [0.2, 0.25) is 0 Å². The SMILES string of the molecule is CCCN1C(=O)/C(=C/c2ccc(OCc3ccc(Cl)cc3)c(OCC)c2)SC1=Nc1ccc(Cl)cc1. The molecule has 0 unspecified atom stereocenters. The molecule has 0 spiro atoms. The van der Waals surface area contributed by atoms with Gasteiger partial charge in [-0.25, -0.2) is 4.99 Å². The molecule has 8 heteroatoms. The first-order valence-electron chi connectivity index (χ1n) is 11.7. The predicted molar refractivity (Wildman–Crippen MR) is 150 cm³/mol. The number of carbonyl (C=O) groups excluding carboxylic acids is 1. The molecule has 0 saturated carbocycles. The van der Waals surface area contributed by atoms with Crippen LogP contribution in [0.3, 0.4) is 0 Å². The van der Waals surface area contributed by atoms with Gasteiger partial charge in [0.05, 0.1) is 17.2 Å². The number of amidine groups is 1. The Morgan fingerprint density at radius 3 is 2.28 bits per heavy atom. The topological polar surface area (TPSA) is 51.1 Å². The molecule has 0 radical (unpaired) electrons. The highest BCUT2D eigenvalue weighted by atomic mass is 35.5. The molecule has 3 aromatic carbocycles. The number of hydrogen-bond acceptors (Lipinski definition) is 5. The molecule has 1 fully saturated rings. The first kappa shape index (κ1) is 26.1. The smallest absolute Gasteiger partial charge is 0.266 e. The van der Waals surface area contributed by atoms with Crippen molar-refractivity contribution < 1.29 is 14.3 Å². The average molecular weight is 542 g/mol. The molecular formula is C28H26Cl2N2O3S. The third-order valence-electron chi connectivity index (χ3n) is 5.26. The summed E-state index contributed by atoms with van der Waals surface area (Å²) in [6.45, 7) is 5.44. The summed E-state index contributed by atoms with van der Waals surface area (Å²) in [5, 5.41) is 1.98. The van der Waals surface area contributed by atoms with Crippen LogP contribution in [0.5, 0.6) is 11.5 Å². The molecule has 5 nitrogen and oxygen atoms in total. The zero-order valence-corrected chi connectivity index (χ0v) is 22.4. The highest BCUT2D eigenvalue weighted by Gasteiger charge is 2.32. The lowest BCUT2D eigenvalue weighted by Gasteiger charge is -2.14. The van der Waals surface area contributed by atoms with Crippen molar-refractivity contribution in [3.63, 3.8) is 0 Å². The molecule has 1 aliphatic rings. The fourth-order valence-electron chi connectivity index (χ4n) is 3.53. The minimum absolute atomic E-state index is 0.0596. The first-order valence-corrected chi connectivity index (χ1v) is 13.2. The lowest BCUT2D eigenvalue weighted by molar-refractivity contribution is -0.122. The van der Waals surface area contributed by atoms with Crippen LogP contribution < -0.4 is 9.47 Å². The van der Waals surface area contributed by atoms with Crippen molar-refractivity contribution in [3.8, 4) is 11.5 Å². The molecule has 1 amide bonds. The van der Waals surface area contributed by atoms with Gasteiger partial charge < -0.3 is 9.47 Å². The van der Waals surface area contributed by atoms with Crippen LogP contribution in [0.4, 0.5) is 5.69 Å². The van der Waals surface area contributed by atoms with Gasteiger partial charge in [-0.05, 0) is 90.8 Å². The summed E-state index contributed by atoms with van der Waals surface area (Å²) in [5.74, 6) is 1.20. The van der Waals surface area contributed by atoms with Crippen LogP contribution in [0.15, 0.2) is 76.6 Å². The van der Waals surface area contributed by atoms with E-state index in [2.05, 4.69) is 0 Å². The molecule has 0 aromatic heterocycles. The first-order chi connectivity index (χ1) is 17.5. The number of carbonyl (C=O) groups is 1. The Balaban J connectivity index is 1.56. The van der Waals surface area contributed by atoms with Gasteiger partial charge in [-0.15, -0.1) is 0 Å². The van der Waals surface area contributed by atoms with Gasteiger partial charge in [-0.1, -0.05) is 48.3 Å². The normalized spacial score (nSPS) is 15.7. The van der Waals surface area contributed by atoms with Gasteiger partial charge in [-0.3, -0.25) is 9.69 Å². The Morgan fingerprint density at radius 2 is 1.61 bits per heavy atom. The zero-order valence-electron chi connectivity index (χ0n) is 20.0. The molecule has 3 aromatic rings. The van der Waals surface area contributed by atoms with Gasteiger partial charge >= 0.3 is 0 Å². The molecule has 0 aliphatic carbocycles. The molecular weight excluding hydrogens is 515 g/mol. The number of ether oxygens (including phenoxy) is 2. The van der Waals surface area contributed by atoms with E-state index in [0.29, 0.717) is 51.4 Å². The third kappa shape index (κ3) is 6.64. The minimum atomic E-state index is -0.0596. The van der Waals surface area contributed by atoms with E-state index in [9.17, 15) is 4.79 Å². The van der Waals surface area contributed by atoms with Crippen LogP contribution >= 0.6 is 35.0 Å². The summed E-state index contributed by atoms with van der Waals surface area (Å²) in [6.07, 6.45) is 2.69. The summed E-state index contributed by atoms with van der Waals surface area (Å²) >= 11 is 13.3. The zero-order chi connectivity index (χ0) is 25.5. The van der Waals surface area contributed by atoms with Crippen molar-refractivity contribution in [2.24, 2.45) is 4.99 Å². The molecule has 1 heterocycles. The van der Waals surface area contributed by atoms with E-state index in [0.717, 1.165) is 23.2 Å². The maximum atomic E-state index is 13.2. The Kier molecular flexibility index (Phi) is 8.97. The van der Waals surface area contributed by atoms with Crippen LogP contribution in [0.2, 0.25) is 10.0 Å². The molecule has 0 bridgehead atoms. The fourth-order valence-corrected chi connectivity index (χ4v) is 4.81. The van der Waals surface area contributed by atoms with Crippen LogP contribution in [0.25, 0.3) is 6.08 Å². The highest BCUT2D eigenvalue weighted by Crippen LogP contribution is 2.36. The van der Waals surface area contributed by atoms with Crippen molar-refractivity contribution in [2.45, 2.75) is 26.9 Å². The summed E-state index contributed by atoms with van der Waals surface area (Å²) in [4.78, 5) is 20.2. The van der Waals surface area contributed by atoms with E-state index < -0.39 is 0 Å². The van der Waals surface area contributed by atoms with Gasteiger partial charge in [0.1, 0.15) is 6.61 Å². The number of amides is 1. The number of rotatable bonds is 9. The summed E-state index contributed by atoms with van der Waals surface area (Å²) in [5.41, 5.74) is 2.60. The van der Waals surface area contributed by atoms with E-state index >= 15 is 0 Å². The third-order valence-corrected chi connectivity index (χ3v) is 6.77. The lowest BCUT2D eigenvalue weighted by Crippen LogP contribution is -2.29. The predicted octanol–water partition coefficient (Wildman–Crippen LogP) is 7.99. The number of thioether (sulfide) groups is 1. The van der Waals surface area contributed by atoms with Crippen LogP contribution in [0.1, 0.15) is 31.4 Å². The molecule has 1 aliphatic heterocycles. The van der Waals surface area contributed by atoms with Crippen LogP contribution in [-0.4, -0.2) is 29.1 Å². The Hall–Kier alpha value is -2.93. The van der Waals surface area contributed by atoms with Crippen molar-refractivity contribution in [1.82, 2.24) is 4.90 Å². The van der Waals surface area contributed by atoms with E-state index in [1.165, 1.54) is 11.8 Å². The Bertz CT molecular complexity index is 1270. The van der Waals surface area contributed by atoms with Gasteiger partial charge in [0, 0.05) is 16.6 Å². The second kappa shape index (κ2) is 12.3. The fraction of sp³-hybridized carbons (Fsp3) is 0.214. The lowest BCUT2D eigenvalue weighted by atomic mass is 10.1. The second-order valence-electron chi connectivity index (χ2n) is 7.99. The number of hydrogen-bond donors (Lipinski definition) is 0. The quantitative estimate of drug-likeness (QED) is 0.258. The standard InChI is InChI=1S/C28H26Cl2N2O3S/c1-3-15-32-27(33)26(36-28(32)31-23-12-10-22(30)11-13-23)17-20-7-14-24(25(16-20)34-4-2)35-18-19-5-8-21(29)9-6-19/h5-14,16-17H,3-4,15,18H2,1-2H3/b26-17-,31-28?. The van der Waals surface area contributed by atoms with E-state index in [-0.39, 0.29) is 5.91 Å². The van der Waals surface area contributed by atoms with Crippen molar-refractivity contribution >= 4 is 57.8 Å². The molecule has 4 rings (SSSR count). The minimum Gasteiger partial charge on any atom is -0.490 e. The summed E-state index contributed by atoms with van der Waals surface area (Å²) in [7, 11) is 0. The maximum absolute atomic E-state index is 13.2. The van der Waals surface area contributed by atoms with Crippen LogP contribution in [0, 0.1) is 0 Å². The Morgan fingerprint density at radius 1 is 0.917 bits per heavy atom. The van der Waals surface area contributed by atoms with Crippen molar-refractivity contribution in [2.75, 3.05) is 13.2 Å². The number of halogens is 2. The van der Waals surface area contributed by atoms with E-state index in [4.69, 9.17) is 37.7 Å². The van der Waals surface area contributed by atoms with E-state index in [1.807, 2.05) is 74.5 Å². The number of aliphatic imine (C=N–C) groups is 1. The summed E-state index contributed by atoms with van der Waals surface area (Å²) < 4.78 is 11.8. The summed E-state index contributed by atoms with van der Waals surface area (Å²) in [6, 6.07) is 20.4. The Labute approximate surface area is 225 Å². The molecule has 1 saturated heterocycles. The maximum Gasteiger partial charge on any atom is 0.266 e. The molecule has 186 valence electrons. The molecule has 0 atom stereocenters. The number of nitrogens with zero attached hydrogens (tertiary/aromatic N) is 2. The molecule has 36 heavy (non-hydrogen) atoms. The largest absolute Gasteiger partial charge is 0.490 e. The van der Waals surface area contributed by atoms with Crippen molar-refractivity contribution in [3.05, 3.63) is 92.8 Å².